The van der Waals surface area contributed by atoms with Crippen LogP contribution in [0.2, 0.25) is 0 Å². The summed E-state index contributed by atoms with van der Waals surface area (Å²) >= 11 is 1.28. The molecule has 126 valence electrons. The number of amides is 3. The molecule has 1 aliphatic rings. The van der Waals surface area contributed by atoms with Crippen molar-refractivity contribution in [2.75, 3.05) is 30.8 Å². The number of benzene rings is 1. The van der Waals surface area contributed by atoms with Crippen molar-refractivity contribution in [2.45, 2.75) is 12.5 Å². The summed E-state index contributed by atoms with van der Waals surface area (Å²) in [4.78, 5) is 26.9. The van der Waals surface area contributed by atoms with Crippen LogP contribution in [0, 0.1) is 0 Å². The van der Waals surface area contributed by atoms with Crippen molar-refractivity contribution in [3.63, 3.8) is 0 Å². The minimum Gasteiger partial charge on any atom is -0.337 e. The molecular weight excluding hydrogens is 324 g/mol. The highest BCUT2D eigenvalue weighted by Crippen LogP contribution is 2.24. The smallest absolute Gasteiger partial charge is 0.324 e. The number of thiophene rings is 1. The summed E-state index contributed by atoms with van der Waals surface area (Å²) in [5, 5.41) is 9.41. The van der Waals surface area contributed by atoms with Gasteiger partial charge in [0.25, 0.3) is 5.91 Å². The molecule has 0 radical (unpaired) electrons. The molecule has 1 aliphatic heterocycles. The fourth-order valence-electron chi connectivity index (χ4n) is 2.63. The van der Waals surface area contributed by atoms with Crippen LogP contribution in [-0.4, -0.2) is 43.0 Å². The van der Waals surface area contributed by atoms with Gasteiger partial charge in [0, 0.05) is 25.3 Å². The fraction of sp³-hybridized carbons (Fsp3) is 0.294. The van der Waals surface area contributed by atoms with Gasteiger partial charge in [-0.2, -0.15) is 0 Å². The molecule has 1 aromatic heterocycles. The van der Waals surface area contributed by atoms with E-state index in [1.807, 2.05) is 37.4 Å². The lowest BCUT2D eigenvalue weighted by Gasteiger charge is -2.22. The molecular formula is C17H20N4O2S. The number of carbonyl (C=O) groups excluding carboxylic acids is 2. The van der Waals surface area contributed by atoms with Gasteiger partial charge in [-0.05, 0) is 37.2 Å². The number of urea groups is 1. The normalized spacial score (nSPS) is 16.6. The van der Waals surface area contributed by atoms with Crippen molar-refractivity contribution in [3.8, 4) is 0 Å². The van der Waals surface area contributed by atoms with Crippen LogP contribution in [0.3, 0.4) is 0 Å². The second-order valence-electron chi connectivity index (χ2n) is 5.67. The number of nitrogens with zero attached hydrogens (tertiary/aromatic N) is 1. The zero-order chi connectivity index (χ0) is 16.9. The molecule has 1 aromatic carbocycles. The van der Waals surface area contributed by atoms with Crippen molar-refractivity contribution in [3.05, 3.63) is 47.3 Å². The Morgan fingerprint density at radius 2 is 1.96 bits per heavy atom. The van der Waals surface area contributed by atoms with Crippen molar-refractivity contribution >= 4 is 34.0 Å². The molecule has 0 bridgehead atoms. The van der Waals surface area contributed by atoms with E-state index in [2.05, 4.69) is 16.0 Å². The summed E-state index contributed by atoms with van der Waals surface area (Å²) in [5.41, 5.74) is 0.719. The molecule has 3 amide bonds. The SMILES string of the molecule is CN(C(=O)c1ccc(NC(=O)Nc2ccccc2)s1)C1CCNC1. The van der Waals surface area contributed by atoms with Crippen LogP contribution >= 0.6 is 11.3 Å². The van der Waals surface area contributed by atoms with E-state index in [4.69, 9.17) is 0 Å². The Labute approximate surface area is 144 Å². The number of hydrogen-bond donors (Lipinski definition) is 3. The molecule has 3 rings (SSSR count). The molecule has 7 heteroatoms. The Hall–Kier alpha value is -2.38. The number of anilines is 2. The third kappa shape index (κ3) is 3.93. The number of nitrogens with one attached hydrogen (secondary N) is 3. The van der Waals surface area contributed by atoms with Crippen LogP contribution in [0.5, 0.6) is 0 Å². The van der Waals surface area contributed by atoms with Crippen molar-refractivity contribution in [1.82, 2.24) is 10.2 Å². The van der Waals surface area contributed by atoms with Gasteiger partial charge in [0.05, 0.1) is 9.88 Å². The molecule has 2 aromatic rings. The molecule has 2 heterocycles. The summed E-state index contributed by atoms with van der Waals surface area (Å²) in [6.07, 6.45) is 0.970. The summed E-state index contributed by atoms with van der Waals surface area (Å²) in [7, 11) is 1.83. The van der Waals surface area contributed by atoms with Gasteiger partial charge in [0.1, 0.15) is 0 Å². The van der Waals surface area contributed by atoms with Gasteiger partial charge < -0.3 is 15.5 Å². The maximum Gasteiger partial charge on any atom is 0.324 e. The minimum absolute atomic E-state index is 0.00906. The predicted octanol–water partition coefficient (Wildman–Crippen LogP) is 2.83. The molecule has 1 atom stereocenters. The van der Waals surface area contributed by atoms with E-state index in [0.717, 1.165) is 25.2 Å². The first-order valence-electron chi connectivity index (χ1n) is 7.84. The zero-order valence-electron chi connectivity index (χ0n) is 13.4. The molecule has 0 aliphatic carbocycles. The van der Waals surface area contributed by atoms with Crippen LogP contribution < -0.4 is 16.0 Å². The Balaban J connectivity index is 1.58. The summed E-state index contributed by atoms with van der Waals surface area (Å²) in [6, 6.07) is 12.6. The van der Waals surface area contributed by atoms with Gasteiger partial charge in [-0.3, -0.25) is 10.1 Å². The largest absolute Gasteiger partial charge is 0.337 e. The summed E-state index contributed by atoms with van der Waals surface area (Å²) < 4.78 is 0. The van der Waals surface area contributed by atoms with E-state index in [-0.39, 0.29) is 18.0 Å². The van der Waals surface area contributed by atoms with E-state index in [1.165, 1.54) is 11.3 Å². The van der Waals surface area contributed by atoms with Crippen LogP contribution in [0.1, 0.15) is 16.1 Å². The average molecular weight is 344 g/mol. The van der Waals surface area contributed by atoms with Crippen LogP contribution in [0.25, 0.3) is 0 Å². The molecule has 6 nitrogen and oxygen atoms in total. The molecule has 0 spiro atoms. The first-order valence-corrected chi connectivity index (χ1v) is 8.66. The second-order valence-corrected chi connectivity index (χ2v) is 6.76. The third-order valence-electron chi connectivity index (χ3n) is 3.99. The maximum atomic E-state index is 12.5. The van der Waals surface area contributed by atoms with Crippen LogP contribution in [0.15, 0.2) is 42.5 Å². The zero-order valence-corrected chi connectivity index (χ0v) is 14.2. The Morgan fingerprint density at radius 3 is 2.67 bits per heavy atom. The second kappa shape index (κ2) is 7.46. The molecule has 1 saturated heterocycles. The van der Waals surface area contributed by atoms with E-state index in [1.54, 1.807) is 17.0 Å². The van der Waals surface area contributed by atoms with Crippen molar-refractivity contribution in [2.24, 2.45) is 0 Å². The molecule has 3 N–H and O–H groups in total. The monoisotopic (exact) mass is 344 g/mol. The van der Waals surface area contributed by atoms with Gasteiger partial charge in [-0.1, -0.05) is 18.2 Å². The van der Waals surface area contributed by atoms with Gasteiger partial charge in [-0.25, -0.2) is 4.79 Å². The number of para-hydroxylation sites is 1. The third-order valence-corrected chi connectivity index (χ3v) is 4.98. The highest BCUT2D eigenvalue weighted by molar-refractivity contribution is 7.18. The van der Waals surface area contributed by atoms with E-state index in [0.29, 0.717) is 9.88 Å². The number of carbonyl (C=O) groups is 2. The molecule has 0 saturated carbocycles. The topological polar surface area (TPSA) is 73.5 Å². The Kier molecular flexibility index (Phi) is 5.12. The standard InChI is InChI=1S/C17H20N4O2S/c1-21(13-9-10-18-11-13)16(22)14-7-8-15(24-14)20-17(23)19-12-5-3-2-4-6-12/h2-8,13,18H,9-11H2,1H3,(H2,19,20,23). The number of rotatable bonds is 4. The predicted molar refractivity (Wildman–Crippen MR) is 96.8 cm³/mol. The quantitative estimate of drug-likeness (QED) is 0.798. The van der Waals surface area contributed by atoms with Crippen LogP contribution in [0.4, 0.5) is 15.5 Å². The lowest BCUT2D eigenvalue weighted by molar-refractivity contribution is 0.0748. The van der Waals surface area contributed by atoms with Gasteiger partial charge in [0.15, 0.2) is 0 Å². The maximum absolute atomic E-state index is 12.5. The highest BCUT2D eigenvalue weighted by atomic mass is 32.1. The highest BCUT2D eigenvalue weighted by Gasteiger charge is 2.25. The van der Waals surface area contributed by atoms with E-state index in [9.17, 15) is 9.59 Å². The Bertz CT molecular complexity index is 710. The number of hydrogen-bond acceptors (Lipinski definition) is 4. The van der Waals surface area contributed by atoms with Gasteiger partial charge in [0.2, 0.25) is 0 Å². The number of likely N-dealkylation sites (N-methyl/N-ethyl adjacent to an activating group) is 1. The lowest BCUT2D eigenvalue weighted by Crippen LogP contribution is -2.37. The molecule has 1 fully saturated rings. The van der Waals surface area contributed by atoms with Gasteiger partial charge >= 0.3 is 6.03 Å². The lowest BCUT2D eigenvalue weighted by atomic mass is 10.2. The van der Waals surface area contributed by atoms with Crippen molar-refractivity contribution < 1.29 is 9.59 Å². The van der Waals surface area contributed by atoms with E-state index < -0.39 is 0 Å². The average Bonchev–Trinajstić information content (AvgIpc) is 3.26. The van der Waals surface area contributed by atoms with Crippen LogP contribution in [-0.2, 0) is 0 Å². The molecule has 1 unspecified atom stereocenters. The summed E-state index contributed by atoms with van der Waals surface area (Å²) in [5.74, 6) is -0.00906. The fourth-order valence-corrected chi connectivity index (χ4v) is 3.51. The van der Waals surface area contributed by atoms with Crippen molar-refractivity contribution in [1.29, 1.82) is 0 Å². The first kappa shape index (κ1) is 16.5. The minimum atomic E-state index is -0.324. The first-order chi connectivity index (χ1) is 11.6. The molecule has 24 heavy (non-hydrogen) atoms. The Morgan fingerprint density at radius 1 is 1.17 bits per heavy atom. The van der Waals surface area contributed by atoms with Gasteiger partial charge in [-0.15, -0.1) is 11.3 Å². The van der Waals surface area contributed by atoms with E-state index >= 15 is 0 Å². The summed E-state index contributed by atoms with van der Waals surface area (Å²) in [6.45, 7) is 1.78.